The normalized spacial score (nSPS) is 11.5. The van der Waals surface area contributed by atoms with Gasteiger partial charge >= 0.3 is 6.18 Å². The highest BCUT2D eigenvalue weighted by atomic mass is 19.4. The summed E-state index contributed by atoms with van der Waals surface area (Å²) in [5.74, 6) is -0.726. The van der Waals surface area contributed by atoms with Gasteiger partial charge in [0.1, 0.15) is 5.82 Å². The van der Waals surface area contributed by atoms with Crippen molar-refractivity contribution >= 4 is 5.69 Å². The number of hydrogen-bond acceptors (Lipinski definition) is 2. The Morgan fingerprint density at radius 2 is 1.86 bits per heavy atom. The summed E-state index contributed by atoms with van der Waals surface area (Å²) in [5, 5.41) is 0. The minimum atomic E-state index is -4.49. The van der Waals surface area contributed by atoms with Gasteiger partial charge in [-0.05, 0) is 18.2 Å². The average molecular weight is 208 g/mol. The van der Waals surface area contributed by atoms with E-state index in [1.54, 1.807) is 0 Å². The second kappa shape index (κ2) is 3.83. The van der Waals surface area contributed by atoms with Crippen LogP contribution in [0, 0.1) is 5.82 Å². The SMILES string of the molecule is CNNc1cc(F)ccc1C(F)(F)F. The molecule has 1 rings (SSSR count). The van der Waals surface area contributed by atoms with Crippen molar-refractivity contribution in [1.29, 1.82) is 0 Å². The van der Waals surface area contributed by atoms with Crippen LogP contribution in [0.4, 0.5) is 23.2 Å². The first-order valence-corrected chi connectivity index (χ1v) is 3.74. The molecule has 2 nitrogen and oxygen atoms in total. The van der Waals surface area contributed by atoms with Gasteiger partial charge in [-0.15, -0.1) is 0 Å². The Bertz CT molecular complexity index is 322. The van der Waals surface area contributed by atoms with Gasteiger partial charge in [0, 0.05) is 7.05 Å². The number of benzene rings is 1. The Kier molecular flexibility index (Phi) is 2.95. The summed E-state index contributed by atoms with van der Waals surface area (Å²) in [6, 6.07) is 2.23. The molecule has 2 N–H and O–H groups in total. The quantitative estimate of drug-likeness (QED) is 0.576. The molecular formula is C8H8F4N2. The van der Waals surface area contributed by atoms with Crippen molar-refractivity contribution in [2.24, 2.45) is 0 Å². The van der Waals surface area contributed by atoms with E-state index in [0.29, 0.717) is 6.07 Å². The lowest BCUT2D eigenvalue weighted by molar-refractivity contribution is -0.137. The number of hydrogen-bond donors (Lipinski definition) is 2. The lowest BCUT2D eigenvalue weighted by Crippen LogP contribution is -2.19. The minimum Gasteiger partial charge on any atom is -0.321 e. The number of alkyl halides is 3. The predicted molar refractivity (Wildman–Crippen MR) is 44.1 cm³/mol. The van der Waals surface area contributed by atoms with Gasteiger partial charge in [0.05, 0.1) is 11.3 Å². The molecule has 0 spiro atoms. The zero-order valence-electron chi connectivity index (χ0n) is 7.24. The molecule has 6 heteroatoms. The molecule has 0 heterocycles. The molecule has 1 aromatic carbocycles. The second-order valence-corrected chi connectivity index (χ2v) is 2.56. The highest BCUT2D eigenvalue weighted by molar-refractivity contribution is 5.52. The first-order valence-electron chi connectivity index (χ1n) is 3.74. The molecule has 0 fully saturated rings. The van der Waals surface area contributed by atoms with E-state index >= 15 is 0 Å². The molecule has 0 atom stereocenters. The van der Waals surface area contributed by atoms with E-state index in [0.717, 1.165) is 12.1 Å². The third kappa shape index (κ3) is 2.35. The summed E-state index contributed by atoms with van der Waals surface area (Å²) in [7, 11) is 1.39. The van der Waals surface area contributed by atoms with Crippen LogP contribution >= 0.6 is 0 Å². The molecular weight excluding hydrogens is 200 g/mol. The molecule has 0 aliphatic rings. The van der Waals surface area contributed by atoms with Gasteiger partial charge in [-0.2, -0.15) is 13.2 Å². The largest absolute Gasteiger partial charge is 0.418 e. The Labute approximate surface area is 77.9 Å². The molecule has 0 bridgehead atoms. The summed E-state index contributed by atoms with van der Waals surface area (Å²) in [6.45, 7) is 0. The lowest BCUT2D eigenvalue weighted by atomic mass is 10.1. The topological polar surface area (TPSA) is 24.1 Å². The Morgan fingerprint density at radius 3 is 2.36 bits per heavy atom. The van der Waals surface area contributed by atoms with Gasteiger partial charge in [-0.1, -0.05) is 0 Å². The van der Waals surface area contributed by atoms with Gasteiger partial charge in [0.15, 0.2) is 0 Å². The molecule has 0 unspecified atom stereocenters. The van der Waals surface area contributed by atoms with Crippen molar-refractivity contribution in [2.45, 2.75) is 6.18 Å². The zero-order valence-corrected chi connectivity index (χ0v) is 7.24. The highest BCUT2D eigenvalue weighted by Gasteiger charge is 2.33. The predicted octanol–water partition coefficient (Wildman–Crippen LogP) is 2.39. The summed E-state index contributed by atoms with van der Waals surface area (Å²) in [6.07, 6.45) is -4.49. The van der Waals surface area contributed by atoms with E-state index in [1.165, 1.54) is 7.05 Å². The molecule has 0 aromatic heterocycles. The maximum Gasteiger partial charge on any atom is 0.418 e. The first kappa shape index (κ1) is 10.8. The van der Waals surface area contributed by atoms with E-state index in [-0.39, 0.29) is 5.69 Å². The van der Waals surface area contributed by atoms with Crippen LogP contribution < -0.4 is 10.9 Å². The average Bonchev–Trinajstić information content (AvgIpc) is 2.02. The van der Waals surface area contributed by atoms with Crippen LogP contribution in [0.5, 0.6) is 0 Å². The van der Waals surface area contributed by atoms with Crippen molar-refractivity contribution < 1.29 is 17.6 Å². The maximum absolute atomic E-state index is 12.6. The van der Waals surface area contributed by atoms with Gasteiger partial charge in [-0.25, -0.2) is 9.82 Å². The summed E-state index contributed by atoms with van der Waals surface area (Å²) < 4.78 is 49.6. The van der Waals surface area contributed by atoms with Crippen LogP contribution in [0.25, 0.3) is 0 Å². The Hall–Kier alpha value is -1.30. The maximum atomic E-state index is 12.6. The number of nitrogens with one attached hydrogen (secondary N) is 2. The van der Waals surface area contributed by atoms with Crippen LogP contribution in [-0.4, -0.2) is 7.05 Å². The minimum absolute atomic E-state index is 0.333. The number of hydrazine groups is 1. The van der Waals surface area contributed by atoms with Crippen molar-refractivity contribution in [1.82, 2.24) is 5.43 Å². The van der Waals surface area contributed by atoms with E-state index in [2.05, 4.69) is 10.9 Å². The van der Waals surface area contributed by atoms with Gasteiger partial charge in [0.2, 0.25) is 0 Å². The van der Waals surface area contributed by atoms with Crippen LogP contribution in [-0.2, 0) is 6.18 Å². The fourth-order valence-electron chi connectivity index (χ4n) is 1.00. The molecule has 0 amide bonds. The smallest absolute Gasteiger partial charge is 0.321 e. The molecule has 0 saturated heterocycles. The first-order chi connectivity index (χ1) is 6.45. The summed E-state index contributed by atoms with van der Waals surface area (Å²) >= 11 is 0. The van der Waals surface area contributed by atoms with Crippen molar-refractivity contribution in [3.8, 4) is 0 Å². The number of anilines is 1. The monoisotopic (exact) mass is 208 g/mol. The second-order valence-electron chi connectivity index (χ2n) is 2.56. The number of rotatable bonds is 2. The van der Waals surface area contributed by atoms with Crippen LogP contribution in [0.2, 0.25) is 0 Å². The fraction of sp³-hybridized carbons (Fsp3) is 0.250. The number of halogens is 4. The van der Waals surface area contributed by atoms with Crippen LogP contribution in [0.1, 0.15) is 5.56 Å². The molecule has 0 saturated carbocycles. The Balaban J connectivity index is 3.15. The van der Waals surface area contributed by atoms with E-state index in [4.69, 9.17) is 0 Å². The highest BCUT2D eigenvalue weighted by Crippen LogP contribution is 2.34. The summed E-state index contributed by atoms with van der Waals surface area (Å²) in [5.41, 5.74) is 3.28. The molecule has 0 aliphatic carbocycles. The van der Waals surface area contributed by atoms with E-state index < -0.39 is 17.6 Å². The molecule has 78 valence electrons. The van der Waals surface area contributed by atoms with Crippen molar-refractivity contribution in [3.63, 3.8) is 0 Å². The van der Waals surface area contributed by atoms with Gasteiger partial charge in [0.25, 0.3) is 0 Å². The van der Waals surface area contributed by atoms with Crippen molar-refractivity contribution in [3.05, 3.63) is 29.6 Å². The van der Waals surface area contributed by atoms with Crippen molar-refractivity contribution in [2.75, 3.05) is 12.5 Å². The third-order valence-corrected chi connectivity index (χ3v) is 1.55. The van der Waals surface area contributed by atoms with Gasteiger partial charge < -0.3 is 5.43 Å². The van der Waals surface area contributed by atoms with Crippen LogP contribution in [0.3, 0.4) is 0 Å². The standard InChI is InChI=1S/C8H8F4N2/c1-13-14-7-4-5(9)2-3-6(7)8(10,11)12/h2-4,13-14H,1H3. The third-order valence-electron chi connectivity index (χ3n) is 1.55. The zero-order chi connectivity index (χ0) is 10.8. The molecule has 1 aromatic rings. The molecule has 14 heavy (non-hydrogen) atoms. The fourth-order valence-corrected chi connectivity index (χ4v) is 1.00. The Morgan fingerprint density at radius 1 is 1.21 bits per heavy atom. The lowest BCUT2D eigenvalue weighted by Gasteiger charge is -2.13. The van der Waals surface area contributed by atoms with Crippen LogP contribution in [0.15, 0.2) is 18.2 Å². The van der Waals surface area contributed by atoms with E-state index in [9.17, 15) is 17.6 Å². The molecule has 0 radical (unpaired) electrons. The summed E-state index contributed by atoms with van der Waals surface area (Å²) in [4.78, 5) is 0. The van der Waals surface area contributed by atoms with E-state index in [1.807, 2.05) is 0 Å². The van der Waals surface area contributed by atoms with Gasteiger partial charge in [-0.3, -0.25) is 0 Å². The molecule has 0 aliphatic heterocycles.